The van der Waals surface area contributed by atoms with Crippen LogP contribution in [0.25, 0.3) is 0 Å². The van der Waals surface area contributed by atoms with Gasteiger partial charge in [-0.25, -0.2) is 0 Å². The van der Waals surface area contributed by atoms with Crippen LogP contribution in [-0.2, 0) is 0 Å². The molecule has 2 rings (SSSR count). The first-order valence-electron chi connectivity index (χ1n) is 4.78. The Kier molecular flexibility index (Phi) is 3.78. The lowest BCUT2D eigenvalue weighted by Gasteiger charge is -2.30. The minimum atomic E-state index is 0.702. The summed E-state index contributed by atoms with van der Waals surface area (Å²) in [4.78, 5) is 2.25. The summed E-state index contributed by atoms with van der Waals surface area (Å²) in [5.41, 5.74) is 1.02. The lowest BCUT2D eigenvalue weighted by molar-refractivity contribution is 0.589. The van der Waals surface area contributed by atoms with Gasteiger partial charge in [-0.1, -0.05) is 23.2 Å². The van der Waals surface area contributed by atoms with Gasteiger partial charge in [-0.3, -0.25) is 0 Å². The van der Waals surface area contributed by atoms with Gasteiger partial charge < -0.3 is 10.2 Å². The van der Waals surface area contributed by atoms with E-state index in [2.05, 4.69) is 26.1 Å². The van der Waals surface area contributed by atoms with E-state index >= 15 is 0 Å². The van der Waals surface area contributed by atoms with Crippen LogP contribution in [0.5, 0.6) is 0 Å². The highest BCUT2D eigenvalue weighted by Crippen LogP contribution is 2.34. The van der Waals surface area contributed by atoms with Gasteiger partial charge in [0.25, 0.3) is 0 Å². The van der Waals surface area contributed by atoms with Gasteiger partial charge in [-0.15, -0.1) is 0 Å². The zero-order valence-corrected chi connectivity index (χ0v) is 11.2. The number of piperazine rings is 1. The Balaban J connectivity index is 2.30. The van der Waals surface area contributed by atoms with Crippen LogP contribution in [0.3, 0.4) is 0 Å². The second-order valence-electron chi connectivity index (χ2n) is 3.45. The second-order valence-corrected chi connectivity index (χ2v) is 5.12. The van der Waals surface area contributed by atoms with E-state index in [1.54, 1.807) is 0 Å². The first-order valence-corrected chi connectivity index (χ1v) is 6.33. The molecule has 1 aliphatic heterocycles. The molecule has 1 N–H and O–H groups in total. The zero-order chi connectivity index (χ0) is 10.8. The first kappa shape index (κ1) is 11.5. The predicted octanol–water partition coefficient (Wildman–Crippen LogP) is 3.17. The van der Waals surface area contributed by atoms with Crippen LogP contribution in [0.15, 0.2) is 16.6 Å². The molecule has 1 saturated heterocycles. The van der Waals surface area contributed by atoms with E-state index in [0.29, 0.717) is 5.02 Å². The number of benzene rings is 1. The first-order chi connectivity index (χ1) is 7.18. The van der Waals surface area contributed by atoms with Crippen molar-refractivity contribution < 1.29 is 0 Å². The average molecular weight is 310 g/mol. The molecule has 0 aliphatic carbocycles. The van der Waals surface area contributed by atoms with Crippen molar-refractivity contribution >= 4 is 44.8 Å². The third-order valence-electron chi connectivity index (χ3n) is 2.45. The van der Waals surface area contributed by atoms with Crippen LogP contribution in [0.2, 0.25) is 10.0 Å². The summed E-state index contributed by atoms with van der Waals surface area (Å²) >= 11 is 15.6. The summed E-state index contributed by atoms with van der Waals surface area (Å²) in [6.45, 7) is 3.92. The smallest absolute Gasteiger partial charge is 0.0651 e. The van der Waals surface area contributed by atoms with Crippen molar-refractivity contribution in [1.29, 1.82) is 0 Å². The fourth-order valence-corrected chi connectivity index (χ4v) is 2.58. The molecule has 1 aliphatic rings. The molecule has 0 saturated carbocycles. The van der Waals surface area contributed by atoms with Crippen LogP contribution >= 0.6 is 39.1 Å². The molecule has 0 atom stereocenters. The number of rotatable bonds is 1. The highest BCUT2D eigenvalue weighted by Gasteiger charge is 2.15. The largest absolute Gasteiger partial charge is 0.368 e. The Morgan fingerprint density at radius 3 is 2.47 bits per heavy atom. The van der Waals surface area contributed by atoms with Crippen molar-refractivity contribution in [3.05, 3.63) is 26.7 Å². The summed E-state index contributed by atoms with van der Waals surface area (Å²) in [6.07, 6.45) is 0. The number of hydrogen-bond donors (Lipinski definition) is 1. The molecular weight excluding hydrogens is 299 g/mol. The Hall–Kier alpha value is 0.0400. The average Bonchev–Trinajstić information content (AvgIpc) is 2.25. The van der Waals surface area contributed by atoms with Crippen molar-refractivity contribution in [2.24, 2.45) is 0 Å². The number of hydrogen-bond acceptors (Lipinski definition) is 2. The van der Waals surface area contributed by atoms with Crippen LogP contribution in [0.4, 0.5) is 5.69 Å². The molecule has 0 bridgehead atoms. The highest BCUT2D eigenvalue weighted by atomic mass is 79.9. The Labute approximate surface area is 108 Å². The molecule has 15 heavy (non-hydrogen) atoms. The van der Waals surface area contributed by atoms with Crippen molar-refractivity contribution in [2.45, 2.75) is 0 Å². The maximum Gasteiger partial charge on any atom is 0.0651 e. The molecule has 1 aromatic rings. The molecule has 82 valence electrons. The monoisotopic (exact) mass is 308 g/mol. The fraction of sp³-hybridized carbons (Fsp3) is 0.400. The predicted molar refractivity (Wildman–Crippen MR) is 69.2 cm³/mol. The molecule has 1 heterocycles. The van der Waals surface area contributed by atoms with E-state index in [1.807, 2.05) is 12.1 Å². The number of nitrogens with zero attached hydrogens (tertiary/aromatic N) is 1. The van der Waals surface area contributed by atoms with Gasteiger partial charge in [0.1, 0.15) is 0 Å². The second kappa shape index (κ2) is 4.91. The Bertz CT molecular complexity index is 365. The van der Waals surface area contributed by atoms with Crippen molar-refractivity contribution in [3.8, 4) is 0 Å². The molecule has 0 spiro atoms. The van der Waals surface area contributed by atoms with E-state index < -0.39 is 0 Å². The molecule has 0 aromatic heterocycles. The third kappa shape index (κ3) is 2.59. The number of anilines is 1. The standard InChI is InChI=1S/C10H11BrCl2N2/c11-7-5-9(13)10(6-8(7)12)15-3-1-14-2-4-15/h5-6,14H,1-4H2. The van der Waals surface area contributed by atoms with Crippen LogP contribution in [0.1, 0.15) is 0 Å². The number of nitrogens with one attached hydrogen (secondary N) is 1. The molecule has 1 aromatic carbocycles. The van der Waals surface area contributed by atoms with Gasteiger partial charge in [0.15, 0.2) is 0 Å². The van der Waals surface area contributed by atoms with Gasteiger partial charge in [0, 0.05) is 30.7 Å². The van der Waals surface area contributed by atoms with Crippen LogP contribution in [-0.4, -0.2) is 26.2 Å². The molecule has 0 radical (unpaired) electrons. The SMILES string of the molecule is Clc1cc(N2CCNCC2)c(Cl)cc1Br. The Morgan fingerprint density at radius 1 is 1.13 bits per heavy atom. The van der Waals surface area contributed by atoms with Gasteiger partial charge in [-0.2, -0.15) is 0 Å². The van der Waals surface area contributed by atoms with E-state index in [4.69, 9.17) is 23.2 Å². The van der Waals surface area contributed by atoms with Crippen molar-refractivity contribution in [2.75, 3.05) is 31.1 Å². The quantitative estimate of drug-likeness (QED) is 0.802. The molecule has 5 heteroatoms. The van der Waals surface area contributed by atoms with E-state index in [1.165, 1.54) is 0 Å². The molecule has 0 unspecified atom stereocenters. The summed E-state index contributed by atoms with van der Waals surface area (Å²) in [5, 5.41) is 4.75. The Morgan fingerprint density at radius 2 is 1.80 bits per heavy atom. The third-order valence-corrected chi connectivity index (χ3v) is 3.95. The topological polar surface area (TPSA) is 15.3 Å². The van der Waals surface area contributed by atoms with E-state index in [9.17, 15) is 0 Å². The molecule has 2 nitrogen and oxygen atoms in total. The normalized spacial score (nSPS) is 16.9. The zero-order valence-electron chi connectivity index (χ0n) is 8.06. The lowest BCUT2D eigenvalue weighted by Crippen LogP contribution is -2.43. The summed E-state index contributed by atoms with van der Waals surface area (Å²) in [5.74, 6) is 0. The van der Waals surface area contributed by atoms with Crippen molar-refractivity contribution in [1.82, 2.24) is 5.32 Å². The van der Waals surface area contributed by atoms with Crippen LogP contribution in [0, 0.1) is 0 Å². The van der Waals surface area contributed by atoms with Gasteiger partial charge >= 0.3 is 0 Å². The minimum Gasteiger partial charge on any atom is -0.368 e. The minimum absolute atomic E-state index is 0.702. The van der Waals surface area contributed by atoms with Gasteiger partial charge in [-0.05, 0) is 28.1 Å². The van der Waals surface area contributed by atoms with Crippen LogP contribution < -0.4 is 10.2 Å². The van der Waals surface area contributed by atoms with Gasteiger partial charge in [0.2, 0.25) is 0 Å². The maximum atomic E-state index is 6.18. The number of halogens is 3. The van der Waals surface area contributed by atoms with E-state index in [0.717, 1.165) is 41.4 Å². The highest BCUT2D eigenvalue weighted by molar-refractivity contribution is 9.10. The maximum absolute atomic E-state index is 6.18. The summed E-state index contributed by atoms with van der Waals surface area (Å²) in [7, 11) is 0. The summed E-state index contributed by atoms with van der Waals surface area (Å²) < 4.78 is 0.841. The molecule has 1 fully saturated rings. The van der Waals surface area contributed by atoms with E-state index in [-0.39, 0.29) is 0 Å². The van der Waals surface area contributed by atoms with Crippen molar-refractivity contribution in [3.63, 3.8) is 0 Å². The fourth-order valence-electron chi connectivity index (χ4n) is 1.66. The molecular formula is C10H11BrCl2N2. The molecule has 0 amide bonds. The van der Waals surface area contributed by atoms with Gasteiger partial charge in [0.05, 0.1) is 15.7 Å². The lowest BCUT2D eigenvalue weighted by atomic mass is 10.2. The summed E-state index contributed by atoms with van der Waals surface area (Å²) in [6, 6.07) is 3.76.